The Bertz CT molecular complexity index is 772. The fourth-order valence-electron chi connectivity index (χ4n) is 2.89. The lowest BCUT2D eigenvalue weighted by Gasteiger charge is -2.04. The molecule has 1 fully saturated rings. The van der Waals surface area contributed by atoms with Crippen LogP contribution < -0.4 is 0 Å². The van der Waals surface area contributed by atoms with E-state index in [2.05, 4.69) is 0 Å². The fourth-order valence-corrected chi connectivity index (χ4v) is 5.21. The summed E-state index contributed by atoms with van der Waals surface area (Å²) >= 11 is 5.78. The van der Waals surface area contributed by atoms with Crippen LogP contribution in [0.4, 0.5) is 4.39 Å². The van der Waals surface area contributed by atoms with Gasteiger partial charge in [-0.25, -0.2) is 12.8 Å². The molecule has 22 heavy (non-hydrogen) atoms. The number of hydrogen-bond donors (Lipinski definition) is 1. The van der Waals surface area contributed by atoms with Crippen molar-refractivity contribution in [3.63, 3.8) is 0 Å². The summed E-state index contributed by atoms with van der Waals surface area (Å²) in [7, 11) is -3.56. The molecule has 0 heterocycles. The van der Waals surface area contributed by atoms with Gasteiger partial charge in [-0.2, -0.15) is 0 Å². The van der Waals surface area contributed by atoms with E-state index in [1.54, 1.807) is 12.1 Å². The maximum Gasteiger partial charge on any atom is 0.182 e. The molecule has 1 aliphatic carbocycles. The van der Waals surface area contributed by atoms with Gasteiger partial charge in [0.2, 0.25) is 0 Å². The van der Waals surface area contributed by atoms with E-state index in [1.165, 1.54) is 36.4 Å². The van der Waals surface area contributed by atoms with Crippen LogP contribution in [-0.4, -0.2) is 25.4 Å². The van der Waals surface area contributed by atoms with Crippen molar-refractivity contribution in [3.8, 4) is 0 Å². The second-order valence-electron chi connectivity index (χ2n) is 5.39. The zero-order chi connectivity index (χ0) is 15.9. The van der Waals surface area contributed by atoms with Gasteiger partial charge < -0.3 is 5.11 Å². The first-order valence-corrected chi connectivity index (χ1v) is 8.73. The molecular weight excluding hydrogens is 327 g/mol. The van der Waals surface area contributed by atoms with E-state index in [9.17, 15) is 17.9 Å². The Morgan fingerprint density at radius 1 is 1.05 bits per heavy atom. The van der Waals surface area contributed by atoms with Crippen LogP contribution in [-0.2, 0) is 9.84 Å². The Kier molecular flexibility index (Phi) is 3.97. The molecule has 0 aromatic heterocycles. The zero-order valence-corrected chi connectivity index (χ0v) is 13.1. The van der Waals surface area contributed by atoms with Gasteiger partial charge in [0.25, 0.3) is 0 Å². The molecule has 3 rings (SSSR count). The molecule has 2 aromatic rings. The van der Waals surface area contributed by atoms with E-state index in [4.69, 9.17) is 11.6 Å². The highest BCUT2D eigenvalue weighted by atomic mass is 35.5. The number of hydrogen-bond acceptors (Lipinski definition) is 3. The number of benzene rings is 2. The minimum atomic E-state index is -3.56. The second-order valence-corrected chi connectivity index (χ2v) is 7.93. The Balaban J connectivity index is 1.93. The number of sulfone groups is 1. The van der Waals surface area contributed by atoms with Gasteiger partial charge in [-0.15, -0.1) is 0 Å². The third-order valence-electron chi connectivity index (χ3n) is 4.06. The summed E-state index contributed by atoms with van der Waals surface area (Å²) < 4.78 is 38.4. The van der Waals surface area contributed by atoms with Crippen LogP contribution in [0.15, 0.2) is 53.4 Å². The molecule has 0 spiro atoms. The van der Waals surface area contributed by atoms with Gasteiger partial charge in [-0.1, -0.05) is 23.7 Å². The van der Waals surface area contributed by atoms with Crippen LogP contribution in [0.25, 0.3) is 0 Å². The van der Waals surface area contributed by atoms with Crippen LogP contribution >= 0.6 is 11.6 Å². The van der Waals surface area contributed by atoms with Gasteiger partial charge in [-0.3, -0.25) is 0 Å². The van der Waals surface area contributed by atoms with Crippen LogP contribution in [0.3, 0.4) is 0 Å². The number of aliphatic hydroxyl groups excluding tert-OH is 1. The standard InChI is InChI=1S/C16H14ClFO3S/c17-11-3-7-13(8-4-11)22(20,21)16-14(9-19)15(16)10-1-5-12(18)6-2-10/h1-8,14-16,19H,9H2/t14-,15-,16-/m0/s1. The molecule has 0 amide bonds. The molecule has 0 radical (unpaired) electrons. The molecule has 1 N–H and O–H groups in total. The second kappa shape index (κ2) is 5.65. The minimum Gasteiger partial charge on any atom is -0.396 e. The van der Waals surface area contributed by atoms with Crippen molar-refractivity contribution < 1.29 is 17.9 Å². The quantitative estimate of drug-likeness (QED) is 0.930. The van der Waals surface area contributed by atoms with Gasteiger partial charge in [0.15, 0.2) is 9.84 Å². The number of halogens is 2. The summed E-state index contributed by atoms with van der Waals surface area (Å²) in [6, 6.07) is 11.7. The third-order valence-corrected chi connectivity index (χ3v) is 6.60. The Hall–Kier alpha value is -1.43. The van der Waals surface area contributed by atoms with Crippen LogP contribution in [0.2, 0.25) is 5.02 Å². The highest BCUT2D eigenvalue weighted by molar-refractivity contribution is 7.92. The molecule has 1 saturated carbocycles. The van der Waals surface area contributed by atoms with Crippen molar-refractivity contribution in [3.05, 3.63) is 64.9 Å². The molecule has 0 unspecified atom stereocenters. The largest absolute Gasteiger partial charge is 0.396 e. The smallest absolute Gasteiger partial charge is 0.182 e. The monoisotopic (exact) mass is 340 g/mol. The Morgan fingerprint density at radius 2 is 1.64 bits per heavy atom. The summed E-state index contributed by atoms with van der Waals surface area (Å²) in [5, 5.41) is 9.23. The average Bonchev–Trinajstić information content (AvgIpc) is 3.24. The Labute approximate surface area is 133 Å². The number of aliphatic hydroxyl groups is 1. The molecule has 0 bridgehead atoms. The van der Waals surface area contributed by atoms with E-state index in [0.717, 1.165) is 5.56 Å². The summed E-state index contributed by atoms with van der Waals surface area (Å²) in [6.07, 6.45) is 0. The SMILES string of the molecule is O=S(=O)(c1ccc(Cl)cc1)[C@H]1[C@@H](CO)[C@@H]1c1ccc(F)cc1. The maximum atomic E-state index is 13.0. The van der Waals surface area contributed by atoms with E-state index in [-0.39, 0.29) is 29.2 Å². The summed E-state index contributed by atoms with van der Waals surface area (Å²) in [4.78, 5) is 0.185. The lowest BCUT2D eigenvalue weighted by atomic mass is 10.1. The van der Waals surface area contributed by atoms with E-state index >= 15 is 0 Å². The van der Waals surface area contributed by atoms with Crippen LogP contribution in [0.1, 0.15) is 11.5 Å². The Morgan fingerprint density at radius 3 is 2.18 bits per heavy atom. The molecule has 0 aliphatic heterocycles. The summed E-state index contributed by atoms with van der Waals surface area (Å²) in [6.45, 7) is -0.223. The first-order valence-electron chi connectivity index (χ1n) is 6.81. The van der Waals surface area contributed by atoms with E-state index in [1.807, 2.05) is 0 Å². The minimum absolute atomic E-state index is 0.185. The van der Waals surface area contributed by atoms with E-state index < -0.39 is 15.1 Å². The lowest BCUT2D eigenvalue weighted by molar-refractivity contribution is 0.274. The average molecular weight is 341 g/mol. The molecule has 1 aliphatic rings. The predicted octanol–water partition coefficient (Wildman–Crippen LogP) is 3.03. The van der Waals surface area contributed by atoms with Crippen molar-refractivity contribution in [2.45, 2.75) is 16.1 Å². The predicted molar refractivity (Wildman–Crippen MR) is 82.1 cm³/mol. The third kappa shape index (κ3) is 2.64. The lowest BCUT2D eigenvalue weighted by Crippen LogP contribution is -2.11. The van der Waals surface area contributed by atoms with Crippen molar-refractivity contribution in [2.24, 2.45) is 5.92 Å². The molecule has 0 saturated heterocycles. The van der Waals surface area contributed by atoms with Crippen molar-refractivity contribution >= 4 is 21.4 Å². The van der Waals surface area contributed by atoms with Gasteiger partial charge in [0.05, 0.1) is 10.1 Å². The van der Waals surface area contributed by atoms with E-state index in [0.29, 0.717) is 5.02 Å². The van der Waals surface area contributed by atoms with Crippen molar-refractivity contribution in [2.75, 3.05) is 6.61 Å². The van der Waals surface area contributed by atoms with Crippen LogP contribution in [0.5, 0.6) is 0 Å². The normalized spacial score (nSPS) is 24.2. The molecule has 3 nitrogen and oxygen atoms in total. The zero-order valence-electron chi connectivity index (χ0n) is 11.5. The van der Waals surface area contributed by atoms with Gasteiger partial charge in [0, 0.05) is 23.5 Å². The first kappa shape index (κ1) is 15.5. The van der Waals surface area contributed by atoms with Gasteiger partial charge >= 0.3 is 0 Å². The van der Waals surface area contributed by atoms with Crippen molar-refractivity contribution in [1.82, 2.24) is 0 Å². The molecule has 3 atom stereocenters. The van der Waals surface area contributed by atoms with Crippen molar-refractivity contribution in [1.29, 1.82) is 0 Å². The van der Waals surface area contributed by atoms with Gasteiger partial charge in [0.1, 0.15) is 5.82 Å². The van der Waals surface area contributed by atoms with Gasteiger partial charge in [-0.05, 0) is 42.0 Å². The fraction of sp³-hybridized carbons (Fsp3) is 0.250. The van der Waals surface area contributed by atoms with Crippen LogP contribution in [0, 0.1) is 11.7 Å². The topological polar surface area (TPSA) is 54.4 Å². The summed E-state index contributed by atoms with van der Waals surface area (Å²) in [5.74, 6) is -1.06. The number of rotatable bonds is 4. The molecular formula is C16H14ClFO3S. The molecule has 116 valence electrons. The molecule has 2 aromatic carbocycles. The first-order chi connectivity index (χ1) is 10.4. The molecule has 6 heteroatoms. The maximum absolute atomic E-state index is 13.0. The summed E-state index contributed by atoms with van der Waals surface area (Å²) in [5.41, 5.74) is 0.725. The highest BCUT2D eigenvalue weighted by Crippen LogP contribution is 2.53. The highest BCUT2D eigenvalue weighted by Gasteiger charge is 2.58.